The van der Waals surface area contributed by atoms with Crippen molar-refractivity contribution in [2.24, 2.45) is 5.92 Å². The number of hydrogen-bond donors (Lipinski definition) is 1. The first-order valence-corrected chi connectivity index (χ1v) is 7.01. The Labute approximate surface area is 118 Å². The lowest BCUT2D eigenvalue weighted by Gasteiger charge is -2.29. The zero-order chi connectivity index (χ0) is 14.7. The van der Waals surface area contributed by atoms with E-state index in [0.717, 1.165) is 30.0 Å². The molecular weight excluding hydrogens is 260 g/mol. The van der Waals surface area contributed by atoms with Gasteiger partial charge in [-0.2, -0.15) is 0 Å². The van der Waals surface area contributed by atoms with E-state index >= 15 is 0 Å². The summed E-state index contributed by atoms with van der Waals surface area (Å²) in [6.07, 6.45) is 0.964. The minimum Gasteiger partial charge on any atom is -0.481 e. The largest absolute Gasteiger partial charge is 0.481 e. The van der Waals surface area contributed by atoms with Crippen LogP contribution in [0, 0.1) is 19.8 Å². The van der Waals surface area contributed by atoms with Gasteiger partial charge in [0.15, 0.2) is 0 Å². The van der Waals surface area contributed by atoms with Crippen molar-refractivity contribution >= 4 is 5.97 Å². The fourth-order valence-corrected chi connectivity index (χ4v) is 2.72. The number of nitrogens with zero attached hydrogens (tertiary/aromatic N) is 2. The van der Waals surface area contributed by atoms with Crippen molar-refractivity contribution in [1.29, 1.82) is 0 Å². The van der Waals surface area contributed by atoms with E-state index < -0.39 is 11.9 Å². The molecule has 2 rings (SSSR count). The third-order valence-corrected chi connectivity index (χ3v) is 3.89. The fraction of sp³-hybridized carbons (Fsp3) is 0.714. The Hall–Kier alpha value is -1.40. The molecule has 0 radical (unpaired) electrons. The minimum absolute atomic E-state index is 0.0823. The maximum atomic E-state index is 11.3. The first-order valence-electron chi connectivity index (χ1n) is 7.01. The van der Waals surface area contributed by atoms with E-state index in [4.69, 9.17) is 9.26 Å². The number of aryl methyl sites for hydroxylation is 2. The van der Waals surface area contributed by atoms with Crippen molar-refractivity contribution in [3.8, 4) is 0 Å². The summed E-state index contributed by atoms with van der Waals surface area (Å²) in [5.41, 5.74) is 1.92. The van der Waals surface area contributed by atoms with E-state index in [1.54, 1.807) is 0 Å². The highest BCUT2D eigenvalue weighted by molar-refractivity contribution is 5.71. The van der Waals surface area contributed by atoms with E-state index in [9.17, 15) is 9.90 Å². The van der Waals surface area contributed by atoms with E-state index in [0.29, 0.717) is 19.8 Å². The highest BCUT2D eigenvalue weighted by Crippen LogP contribution is 2.24. The van der Waals surface area contributed by atoms with Crippen molar-refractivity contribution in [3.05, 3.63) is 17.0 Å². The molecule has 1 N–H and O–H groups in total. The molecule has 1 fully saturated rings. The predicted octanol–water partition coefficient (Wildman–Crippen LogP) is 1.60. The van der Waals surface area contributed by atoms with Crippen LogP contribution in [0.2, 0.25) is 0 Å². The van der Waals surface area contributed by atoms with E-state index in [-0.39, 0.29) is 6.04 Å². The van der Waals surface area contributed by atoms with Crippen LogP contribution in [0.15, 0.2) is 4.52 Å². The second kappa shape index (κ2) is 6.37. The number of aromatic nitrogens is 1. The van der Waals surface area contributed by atoms with Crippen LogP contribution >= 0.6 is 0 Å². The summed E-state index contributed by atoms with van der Waals surface area (Å²) in [5.74, 6) is -0.441. The third-order valence-electron chi connectivity index (χ3n) is 3.89. The normalized spacial score (nSPS) is 22.6. The van der Waals surface area contributed by atoms with Gasteiger partial charge in [0.1, 0.15) is 5.76 Å². The average Bonchev–Trinajstić information content (AvgIpc) is 2.99. The Morgan fingerprint density at radius 3 is 2.75 bits per heavy atom. The highest BCUT2D eigenvalue weighted by Gasteiger charge is 2.38. The van der Waals surface area contributed by atoms with Gasteiger partial charge in [-0.25, -0.2) is 0 Å². The molecule has 2 heterocycles. The lowest BCUT2D eigenvalue weighted by atomic mass is 10.0. The van der Waals surface area contributed by atoms with Gasteiger partial charge in [-0.3, -0.25) is 9.69 Å². The van der Waals surface area contributed by atoms with Crippen LogP contribution in [0.25, 0.3) is 0 Å². The second-order valence-corrected chi connectivity index (χ2v) is 5.32. The molecule has 2 unspecified atom stereocenters. The van der Waals surface area contributed by atoms with Crippen LogP contribution < -0.4 is 0 Å². The van der Waals surface area contributed by atoms with E-state index in [1.165, 1.54) is 0 Å². The molecule has 0 spiro atoms. The number of rotatable bonds is 6. The third kappa shape index (κ3) is 3.02. The Bertz CT molecular complexity index is 452. The molecular formula is C14H22N2O4. The Balaban J connectivity index is 2.16. The molecule has 2 atom stereocenters. The number of carbonyl (C=O) groups is 1. The van der Waals surface area contributed by atoms with Crippen molar-refractivity contribution in [3.63, 3.8) is 0 Å². The molecule has 0 bridgehead atoms. The Kier molecular flexibility index (Phi) is 4.77. The molecule has 112 valence electrons. The van der Waals surface area contributed by atoms with Crippen LogP contribution in [-0.4, -0.2) is 46.9 Å². The molecule has 1 aromatic rings. The lowest BCUT2D eigenvalue weighted by molar-refractivity contribution is -0.143. The van der Waals surface area contributed by atoms with Gasteiger partial charge in [-0.05, 0) is 26.8 Å². The zero-order valence-corrected chi connectivity index (χ0v) is 12.3. The lowest BCUT2D eigenvalue weighted by Crippen LogP contribution is -2.43. The summed E-state index contributed by atoms with van der Waals surface area (Å²) in [6, 6.07) is -0.0823. The zero-order valence-electron chi connectivity index (χ0n) is 12.3. The first kappa shape index (κ1) is 15.0. The van der Waals surface area contributed by atoms with Crippen molar-refractivity contribution < 1.29 is 19.2 Å². The maximum absolute atomic E-state index is 11.3. The molecule has 6 nitrogen and oxygen atoms in total. The highest BCUT2D eigenvalue weighted by atomic mass is 16.5. The molecule has 1 aromatic heterocycles. The van der Waals surface area contributed by atoms with E-state index in [1.807, 2.05) is 13.8 Å². The predicted molar refractivity (Wildman–Crippen MR) is 72.4 cm³/mol. The van der Waals surface area contributed by atoms with Gasteiger partial charge in [0.05, 0.1) is 24.8 Å². The summed E-state index contributed by atoms with van der Waals surface area (Å²) in [4.78, 5) is 13.5. The van der Waals surface area contributed by atoms with Gasteiger partial charge < -0.3 is 14.4 Å². The van der Waals surface area contributed by atoms with Crippen LogP contribution in [0.4, 0.5) is 0 Å². The van der Waals surface area contributed by atoms with Crippen LogP contribution in [0.5, 0.6) is 0 Å². The number of carboxylic acids is 1. The monoisotopic (exact) mass is 282 g/mol. The smallest absolute Gasteiger partial charge is 0.310 e. The molecule has 0 aliphatic carbocycles. The molecule has 0 saturated carbocycles. The standard InChI is InChI=1S/C14H22N2O4/c1-4-5-16(6-11-9(2)15-20-10(11)3)13-8-19-7-12(13)14(17)18/h12-13H,4-8H2,1-3H3,(H,17,18). The Morgan fingerprint density at radius 1 is 1.45 bits per heavy atom. The SMILES string of the molecule is CCCN(Cc1c(C)noc1C)C1COCC1C(=O)O. The molecule has 0 aromatic carbocycles. The molecule has 20 heavy (non-hydrogen) atoms. The Morgan fingerprint density at radius 2 is 2.20 bits per heavy atom. The topological polar surface area (TPSA) is 75.8 Å². The van der Waals surface area contributed by atoms with Gasteiger partial charge in [-0.1, -0.05) is 12.1 Å². The van der Waals surface area contributed by atoms with Gasteiger partial charge in [-0.15, -0.1) is 0 Å². The van der Waals surface area contributed by atoms with Gasteiger partial charge >= 0.3 is 5.97 Å². The second-order valence-electron chi connectivity index (χ2n) is 5.32. The number of carboxylic acid groups (broad SMARTS) is 1. The molecule has 1 saturated heterocycles. The fourth-order valence-electron chi connectivity index (χ4n) is 2.72. The number of ether oxygens (including phenoxy) is 1. The number of hydrogen-bond acceptors (Lipinski definition) is 5. The number of aliphatic carboxylic acids is 1. The molecule has 1 aliphatic rings. The summed E-state index contributed by atoms with van der Waals surface area (Å²) in [7, 11) is 0. The van der Waals surface area contributed by atoms with Crippen LogP contribution in [0.3, 0.4) is 0 Å². The van der Waals surface area contributed by atoms with Crippen molar-refractivity contribution in [2.45, 2.75) is 39.8 Å². The maximum Gasteiger partial charge on any atom is 0.310 e. The molecule has 1 aliphatic heterocycles. The van der Waals surface area contributed by atoms with Gasteiger partial charge in [0.25, 0.3) is 0 Å². The van der Waals surface area contributed by atoms with E-state index in [2.05, 4.69) is 17.0 Å². The van der Waals surface area contributed by atoms with Gasteiger partial charge in [0.2, 0.25) is 0 Å². The minimum atomic E-state index is -0.785. The summed E-state index contributed by atoms with van der Waals surface area (Å²) >= 11 is 0. The molecule has 0 amide bonds. The first-order chi connectivity index (χ1) is 9.54. The summed E-state index contributed by atoms with van der Waals surface area (Å²) in [6.45, 7) is 8.15. The summed E-state index contributed by atoms with van der Waals surface area (Å²) < 4.78 is 10.6. The van der Waals surface area contributed by atoms with Crippen LogP contribution in [-0.2, 0) is 16.1 Å². The van der Waals surface area contributed by atoms with Crippen molar-refractivity contribution in [2.75, 3.05) is 19.8 Å². The van der Waals surface area contributed by atoms with Crippen LogP contribution in [0.1, 0.15) is 30.4 Å². The summed E-state index contributed by atoms with van der Waals surface area (Å²) in [5, 5.41) is 13.3. The molecule has 6 heteroatoms. The average molecular weight is 282 g/mol. The quantitative estimate of drug-likeness (QED) is 0.854. The van der Waals surface area contributed by atoms with Gasteiger partial charge in [0, 0.05) is 18.2 Å². The van der Waals surface area contributed by atoms with Crippen molar-refractivity contribution in [1.82, 2.24) is 10.1 Å².